The molecule has 1 atom stereocenters. The first kappa shape index (κ1) is 19.4. The van der Waals surface area contributed by atoms with Crippen molar-refractivity contribution in [1.82, 2.24) is 9.55 Å². The van der Waals surface area contributed by atoms with Crippen LogP contribution in [0.25, 0.3) is 0 Å². The number of ether oxygens (including phenoxy) is 1. The lowest BCUT2D eigenvalue weighted by Gasteiger charge is -2.29. The van der Waals surface area contributed by atoms with Crippen LogP contribution in [0.4, 0.5) is 0 Å². The first-order chi connectivity index (χ1) is 14.2. The fourth-order valence-electron chi connectivity index (χ4n) is 3.37. The minimum Gasteiger partial charge on any atom is -0.373 e. The van der Waals surface area contributed by atoms with E-state index in [1.807, 2.05) is 83.6 Å². The highest BCUT2D eigenvalue weighted by Crippen LogP contribution is 2.36. The van der Waals surface area contributed by atoms with Crippen LogP contribution in [0.15, 0.2) is 97.3 Å². The van der Waals surface area contributed by atoms with E-state index in [4.69, 9.17) is 16.3 Å². The van der Waals surface area contributed by atoms with Crippen molar-refractivity contribution in [2.75, 3.05) is 0 Å². The van der Waals surface area contributed by atoms with Crippen LogP contribution in [0.2, 0.25) is 5.02 Å². The fraction of sp³-hybridized carbons (Fsp3) is 0.125. The molecule has 0 radical (unpaired) electrons. The summed E-state index contributed by atoms with van der Waals surface area (Å²) in [6.45, 7) is 0.746. The molecule has 0 aliphatic heterocycles. The largest absolute Gasteiger partial charge is 0.373 e. The molecule has 146 valence electrons. The third kappa shape index (κ3) is 4.10. The zero-order valence-corrected chi connectivity index (χ0v) is 16.5. The number of nitrogens with zero attached hydrogens (tertiary/aromatic N) is 2. The molecule has 1 heterocycles. The lowest BCUT2D eigenvalue weighted by molar-refractivity contribution is 0.0472. The van der Waals surface area contributed by atoms with Gasteiger partial charge >= 0.3 is 0 Å². The van der Waals surface area contributed by atoms with Gasteiger partial charge in [-0.2, -0.15) is 0 Å². The van der Waals surface area contributed by atoms with Gasteiger partial charge in [-0.15, -0.1) is 0 Å². The topological polar surface area (TPSA) is 47.3 Å². The standard InChI is InChI=1S/C24H21ClN2O2/c25-22-13-11-21(12-14-22)24(28,20-9-5-2-6-10-20)23-26-15-16-27(23)18-29-17-19-7-3-1-4-8-19/h1-16,28H,17-18H2. The van der Waals surface area contributed by atoms with Crippen LogP contribution in [0.3, 0.4) is 0 Å². The van der Waals surface area contributed by atoms with E-state index < -0.39 is 5.60 Å². The average Bonchev–Trinajstić information content (AvgIpc) is 3.24. The minimum atomic E-state index is -1.44. The molecule has 1 aromatic heterocycles. The minimum absolute atomic E-state index is 0.271. The fourth-order valence-corrected chi connectivity index (χ4v) is 3.49. The molecule has 4 nitrogen and oxygen atoms in total. The molecule has 0 saturated heterocycles. The highest BCUT2D eigenvalue weighted by atomic mass is 35.5. The van der Waals surface area contributed by atoms with Gasteiger partial charge in [0.25, 0.3) is 0 Å². The van der Waals surface area contributed by atoms with Gasteiger partial charge in [-0.05, 0) is 28.8 Å². The van der Waals surface area contributed by atoms with Gasteiger partial charge in [0, 0.05) is 17.4 Å². The van der Waals surface area contributed by atoms with Crippen molar-refractivity contribution in [2.45, 2.75) is 18.9 Å². The molecule has 1 unspecified atom stereocenters. The number of aromatic nitrogens is 2. The summed E-state index contributed by atoms with van der Waals surface area (Å²) in [5.41, 5.74) is 1.05. The molecule has 0 amide bonds. The molecule has 0 spiro atoms. The molecule has 3 aromatic carbocycles. The van der Waals surface area contributed by atoms with Crippen LogP contribution in [0.5, 0.6) is 0 Å². The van der Waals surface area contributed by atoms with Crippen LogP contribution in [0, 0.1) is 0 Å². The smallest absolute Gasteiger partial charge is 0.173 e. The van der Waals surface area contributed by atoms with Gasteiger partial charge in [-0.25, -0.2) is 4.98 Å². The summed E-state index contributed by atoms with van der Waals surface area (Å²) >= 11 is 6.07. The Labute approximate surface area is 175 Å². The second-order valence-corrected chi connectivity index (χ2v) is 7.20. The molecule has 0 aliphatic carbocycles. The summed E-state index contributed by atoms with van der Waals surface area (Å²) in [5.74, 6) is 0.485. The highest BCUT2D eigenvalue weighted by Gasteiger charge is 2.38. The van der Waals surface area contributed by atoms with Crippen LogP contribution in [-0.2, 0) is 23.7 Å². The van der Waals surface area contributed by atoms with Crippen molar-refractivity contribution in [1.29, 1.82) is 0 Å². The molecule has 4 rings (SSSR count). The van der Waals surface area contributed by atoms with Crippen LogP contribution in [-0.4, -0.2) is 14.7 Å². The molecule has 0 aliphatic rings. The summed E-state index contributed by atoms with van der Waals surface area (Å²) in [7, 11) is 0. The second-order valence-electron chi connectivity index (χ2n) is 6.77. The van der Waals surface area contributed by atoms with Gasteiger partial charge < -0.3 is 14.4 Å². The van der Waals surface area contributed by atoms with Crippen molar-refractivity contribution >= 4 is 11.6 Å². The maximum Gasteiger partial charge on any atom is 0.173 e. The third-order valence-corrected chi connectivity index (χ3v) is 5.09. The van der Waals surface area contributed by atoms with E-state index in [1.54, 1.807) is 18.3 Å². The van der Waals surface area contributed by atoms with Crippen LogP contribution >= 0.6 is 11.6 Å². The molecule has 0 saturated carbocycles. The van der Waals surface area contributed by atoms with Crippen molar-refractivity contribution in [2.24, 2.45) is 0 Å². The van der Waals surface area contributed by atoms with Gasteiger partial charge in [-0.3, -0.25) is 0 Å². The monoisotopic (exact) mass is 404 g/mol. The van der Waals surface area contributed by atoms with E-state index in [0.29, 0.717) is 23.0 Å². The van der Waals surface area contributed by atoms with E-state index in [-0.39, 0.29) is 6.73 Å². The Bertz CT molecular complexity index is 1050. The van der Waals surface area contributed by atoms with Crippen molar-refractivity contribution in [3.8, 4) is 0 Å². The second kappa shape index (κ2) is 8.62. The van der Waals surface area contributed by atoms with Gasteiger partial charge in [0.05, 0.1) is 6.61 Å². The maximum atomic E-state index is 11.9. The van der Waals surface area contributed by atoms with Gasteiger partial charge in [-0.1, -0.05) is 84.4 Å². The number of hydrogen-bond acceptors (Lipinski definition) is 3. The zero-order chi connectivity index (χ0) is 20.1. The first-order valence-corrected chi connectivity index (χ1v) is 9.73. The Morgan fingerprint density at radius 1 is 0.862 bits per heavy atom. The van der Waals surface area contributed by atoms with Crippen molar-refractivity contribution in [3.63, 3.8) is 0 Å². The predicted molar refractivity (Wildman–Crippen MR) is 113 cm³/mol. The summed E-state index contributed by atoms with van der Waals surface area (Å²) < 4.78 is 7.71. The summed E-state index contributed by atoms with van der Waals surface area (Å²) in [6.07, 6.45) is 3.48. The normalized spacial score (nSPS) is 13.2. The molecule has 1 N–H and O–H groups in total. The molecule has 29 heavy (non-hydrogen) atoms. The number of hydrogen-bond donors (Lipinski definition) is 1. The highest BCUT2D eigenvalue weighted by molar-refractivity contribution is 6.30. The quantitative estimate of drug-likeness (QED) is 0.471. The van der Waals surface area contributed by atoms with Crippen molar-refractivity contribution in [3.05, 3.63) is 125 Å². The van der Waals surface area contributed by atoms with E-state index in [2.05, 4.69) is 4.98 Å². The van der Waals surface area contributed by atoms with Gasteiger partial charge in [0.15, 0.2) is 11.4 Å². The third-order valence-electron chi connectivity index (χ3n) is 4.83. The molecule has 0 fully saturated rings. The number of benzene rings is 3. The van der Waals surface area contributed by atoms with Crippen molar-refractivity contribution < 1.29 is 9.84 Å². The van der Waals surface area contributed by atoms with E-state index >= 15 is 0 Å². The number of halogens is 1. The van der Waals surface area contributed by atoms with E-state index in [0.717, 1.165) is 11.1 Å². The van der Waals surface area contributed by atoms with Crippen LogP contribution < -0.4 is 0 Å². The predicted octanol–water partition coefficient (Wildman–Crippen LogP) is 5.00. The molecule has 0 bridgehead atoms. The summed E-state index contributed by atoms with van der Waals surface area (Å²) in [6, 6.07) is 26.6. The number of imidazole rings is 1. The summed E-state index contributed by atoms with van der Waals surface area (Å²) in [4.78, 5) is 4.49. The van der Waals surface area contributed by atoms with Crippen LogP contribution in [0.1, 0.15) is 22.5 Å². The van der Waals surface area contributed by atoms with Gasteiger partial charge in [0.2, 0.25) is 0 Å². The van der Waals surface area contributed by atoms with E-state index in [1.165, 1.54) is 0 Å². The molecular formula is C24H21ClN2O2. The Balaban J connectivity index is 1.67. The molecule has 4 aromatic rings. The number of aliphatic hydroxyl groups is 1. The van der Waals surface area contributed by atoms with E-state index in [9.17, 15) is 5.11 Å². The SMILES string of the molecule is OC(c1ccccc1)(c1ccc(Cl)cc1)c1nccn1COCc1ccccc1. The Kier molecular flexibility index (Phi) is 5.76. The molecular weight excluding hydrogens is 384 g/mol. The summed E-state index contributed by atoms with van der Waals surface area (Å²) in [5, 5.41) is 12.5. The average molecular weight is 405 g/mol. The van der Waals surface area contributed by atoms with Gasteiger partial charge in [0.1, 0.15) is 6.73 Å². The lowest BCUT2D eigenvalue weighted by Crippen LogP contribution is -2.33. The lowest BCUT2D eigenvalue weighted by atomic mass is 9.85. The zero-order valence-electron chi connectivity index (χ0n) is 15.8. The Morgan fingerprint density at radius 2 is 1.48 bits per heavy atom. The molecule has 5 heteroatoms. The number of rotatable bonds is 7. The Morgan fingerprint density at radius 3 is 2.17 bits per heavy atom. The maximum absolute atomic E-state index is 11.9. The Hall–Kier alpha value is -2.92. The first-order valence-electron chi connectivity index (χ1n) is 9.35.